The molecule has 1 aliphatic rings. The minimum absolute atomic E-state index is 0.480. The van der Waals surface area contributed by atoms with Crippen molar-refractivity contribution in [3.05, 3.63) is 0 Å². The second-order valence-corrected chi connectivity index (χ2v) is 16.6. The van der Waals surface area contributed by atoms with Crippen molar-refractivity contribution in [3.63, 3.8) is 0 Å². The molecule has 0 aliphatic carbocycles. The van der Waals surface area contributed by atoms with Gasteiger partial charge in [-0.05, 0) is 0 Å². The summed E-state index contributed by atoms with van der Waals surface area (Å²) in [5.74, 6) is -2.08. The first-order valence-corrected chi connectivity index (χ1v) is 17.2. The Morgan fingerprint density at radius 2 is 1.18 bits per heavy atom. The zero-order chi connectivity index (χ0) is 25.0. The van der Waals surface area contributed by atoms with E-state index in [0.29, 0.717) is 5.75 Å². The number of carbonyl (C=O) groups excluding carboxylic acids is 4. The number of esters is 4. The van der Waals surface area contributed by atoms with Crippen molar-refractivity contribution in [2.24, 2.45) is 0 Å². The van der Waals surface area contributed by atoms with Crippen molar-refractivity contribution in [2.45, 2.75) is 108 Å². The first-order chi connectivity index (χ1) is 15.6. The molecule has 1 saturated heterocycles. The summed E-state index contributed by atoms with van der Waals surface area (Å²) in [4.78, 5) is 47.2. The Morgan fingerprint density at radius 3 is 1.64 bits per heavy atom. The van der Waals surface area contributed by atoms with Gasteiger partial charge in [-0.2, -0.15) is 0 Å². The van der Waals surface area contributed by atoms with E-state index in [1.807, 2.05) is 10.0 Å². The number of rotatable bonds is 13. The Hall–Kier alpha value is -1.25. The monoisotopic (exact) mass is 552 g/mol. The molecule has 0 aromatic heterocycles. The van der Waals surface area contributed by atoms with Crippen LogP contribution < -0.4 is 0 Å². The van der Waals surface area contributed by atoms with E-state index in [9.17, 15) is 19.2 Å². The molecule has 1 unspecified atom stereocenters. The third-order valence-electron chi connectivity index (χ3n) is 4.72. The van der Waals surface area contributed by atoms with Crippen molar-refractivity contribution in [2.75, 3.05) is 5.75 Å². The molecule has 0 aromatic carbocycles. The molecule has 0 spiro atoms. The predicted octanol–water partition coefficient (Wildman–Crippen LogP) is 3.39. The Kier molecular flexibility index (Phi) is 14.1. The third-order valence-corrected chi connectivity index (χ3v) is 14.1. The maximum absolute atomic E-state index is 11.9. The van der Waals surface area contributed by atoms with Crippen LogP contribution in [0.3, 0.4) is 0 Å². The van der Waals surface area contributed by atoms with E-state index in [0.717, 1.165) is 25.7 Å². The molecule has 33 heavy (non-hydrogen) atoms. The molecule has 11 heteroatoms. The van der Waals surface area contributed by atoms with E-state index in [1.54, 1.807) is 0 Å². The van der Waals surface area contributed by atoms with E-state index in [4.69, 9.17) is 23.7 Å². The number of unbranched alkanes of at least 4 members (excludes halogenated alkanes) is 2. The van der Waals surface area contributed by atoms with Gasteiger partial charge in [0.05, 0.1) is 0 Å². The second-order valence-electron chi connectivity index (χ2n) is 7.81. The number of carbonyl (C=O) groups is 4. The van der Waals surface area contributed by atoms with Gasteiger partial charge in [-0.15, -0.1) is 0 Å². The first kappa shape index (κ1) is 29.8. The molecule has 9 nitrogen and oxygen atoms in total. The van der Waals surface area contributed by atoms with Crippen LogP contribution in [0.25, 0.3) is 0 Å². The topological polar surface area (TPSA) is 114 Å². The van der Waals surface area contributed by atoms with Gasteiger partial charge in [-0.3, -0.25) is 0 Å². The molecule has 1 fully saturated rings. The summed E-state index contributed by atoms with van der Waals surface area (Å²) in [6.07, 6.45) is -0.876. The van der Waals surface area contributed by atoms with Gasteiger partial charge in [-0.1, -0.05) is 0 Å². The second kappa shape index (κ2) is 15.6. The predicted molar refractivity (Wildman–Crippen MR) is 125 cm³/mol. The van der Waals surface area contributed by atoms with Gasteiger partial charge in [-0.25, -0.2) is 0 Å². The van der Waals surface area contributed by atoms with Crippen LogP contribution >= 0.6 is 10.0 Å². The van der Waals surface area contributed by atoms with Gasteiger partial charge in [0.25, 0.3) is 0 Å². The van der Waals surface area contributed by atoms with E-state index in [1.165, 1.54) is 38.1 Å². The number of hydrogen-bond acceptors (Lipinski definition) is 10. The molecule has 190 valence electrons. The maximum atomic E-state index is 11.9. The molecular weight excluding hydrogens is 515 g/mol. The van der Waals surface area contributed by atoms with Gasteiger partial charge in [0.15, 0.2) is 0 Å². The fourth-order valence-electron chi connectivity index (χ4n) is 3.34. The molecule has 0 bridgehead atoms. The van der Waals surface area contributed by atoms with Crippen molar-refractivity contribution in [1.82, 2.24) is 0 Å². The fraction of sp³-hybridized carbons (Fsp3) is 0.818. The van der Waals surface area contributed by atoms with Crippen LogP contribution in [0.1, 0.15) is 67.2 Å². The Labute approximate surface area is 204 Å². The molecule has 0 amide bonds. The van der Waals surface area contributed by atoms with Crippen molar-refractivity contribution in [1.29, 1.82) is 0 Å². The SMILES string of the molecule is CCCC[As](CCCC)SC[C@H]1OC(OC(C)=O)[C@@H](OC(C)=O)[C@@H](OC(C)=O)[C@@H]1OC(C)=O. The van der Waals surface area contributed by atoms with Crippen LogP contribution in [0.4, 0.5) is 0 Å². The van der Waals surface area contributed by atoms with Gasteiger partial charge in [0, 0.05) is 0 Å². The summed E-state index contributed by atoms with van der Waals surface area (Å²) in [6.45, 7) is 9.16. The van der Waals surface area contributed by atoms with Crippen LogP contribution in [-0.4, -0.2) is 73.8 Å². The fourth-order valence-corrected chi connectivity index (χ4v) is 12.7. The molecule has 0 aromatic rings. The van der Waals surface area contributed by atoms with Gasteiger partial charge < -0.3 is 0 Å². The summed E-state index contributed by atoms with van der Waals surface area (Å²) < 4.78 is 27.5. The van der Waals surface area contributed by atoms with Gasteiger partial charge >= 0.3 is 204 Å². The molecular formula is C22H37AsO9S. The standard InChI is InChI=1S/C22H37AsO9S/c1-7-9-11-23(12-10-8-2)33-13-18-19(28-14(3)24)20(29-15(4)25)21(30-16(5)26)22(32-18)31-17(6)27/h18-22H,7-13H2,1-6H3/t18-,19-,20+,21+,22?/m1/s1. The van der Waals surface area contributed by atoms with E-state index in [-0.39, 0.29) is 0 Å². The summed E-state index contributed by atoms with van der Waals surface area (Å²) in [5, 5.41) is 2.38. The normalized spacial score (nSPS) is 24.8. The van der Waals surface area contributed by atoms with E-state index < -0.39 is 68.1 Å². The van der Waals surface area contributed by atoms with Crippen LogP contribution in [0.15, 0.2) is 0 Å². The average Bonchev–Trinajstić information content (AvgIpc) is 2.70. The molecule has 0 saturated carbocycles. The van der Waals surface area contributed by atoms with Gasteiger partial charge in [0.2, 0.25) is 0 Å². The Bertz CT molecular complexity index is 652. The molecule has 0 N–H and O–H groups in total. The van der Waals surface area contributed by atoms with E-state index in [2.05, 4.69) is 13.8 Å². The molecule has 1 heterocycles. The Balaban J connectivity index is 3.21. The number of hydrogen-bond donors (Lipinski definition) is 0. The van der Waals surface area contributed by atoms with Crippen LogP contribution in [0.5, 0.6) is 0 Å². The first-order valence-electron chi connectivity index (χ1n) is 11.3. The third kappa shape index (κ3) is 11.1. The minimum atomic E-state index is -1.29. The van der Waals surface area contributed by atoms with Crippen molar-refractivity contribution in [3.8, 4) is 0 Å². The molecule has 1 aliphatic heterocycles. The quantitative estimate of drug-likeness (QED) is 0.191. The van der Waals surface area contributed by atoms with Crippen molar-refractivity contribution >= 4 is 47.4 Å². The zero-order valence-electron chi connectivity index (χ0n) is 20.4. The molecule has 1 rings (SSSR count). The molecule has 5 atom stereocenters. The summed E-state index contributed by atoms with van der Waals surface area (Å²) in [7, 11) is 1.84. The summed E-state index contributed by atoms with van der Waals surface area (Å²) in [6, 6.07) is 0. The summed E-state index contributed by atoms with van der Waals surface area (Å²) >= 11 is -1.22. The Morgan fingerprint density at radius 1 is 0.727 bits per heavy atom. The van der Waals surface area contributed by atoms with E-state index >= 15 is 0 Å². The van der Waals surface area contributed by atoms with Crippen LogP contribution in [-0.2, 0) is 42.9 Å². The molecule has 0 radical (unpaired) electrons. The van der Waals surface area contributed by atoms with Crippen molar-refractivity contribution < 1.29 is 42.9 Å². The number of ether oxygens (including phenoxy) is 5. The van der Waals surface area contributed by atoms with Gasteiger partial charge in [0.1, 0.15) is 0 Å². The average molecular weight is 553 g/mol. The van der Waals surface area contributed by atoms with Crippen LogP contribution in [0.2, 0.25) is 10.4 Å². The zero-order valence-corrected chi connectivity index (χ0v) is 23.1. The van der Waals surface area contributed by atoms with Crippen LogP contribution in [0, 0.1) is 0 Å². The summed E-state index contributed by atoms with van der Waals surface area (Å²) in [5.41, 5.74) is 0.